The van der Waals surface area contributed by atoms with Gasteiger partial charge in [0.2, 0.25) is 0 Å². The quantitative estimate of drug-likeness (QED) is 0.648. The molecular formula is C25H33ClN2O2. The molecule has 0 amide bonds. The zero-order valence-electron chi connectivity index (χ0n) is 17.6. The lowest BCUT2D eigenvalue weighted by atomic mass is 9.93. The Morgan fingerprint density at radius 1 is 0.967 bits per heavy atom. The zero-order valence-corrected chi connectivity index (χ0v) is 18.4. The third kappa shape index (κ3) is 5.55. The van der Waals surface area contributed by atoms with Crippen LogP contribution in [0.4, 0.5) is 11.4 Å². The van der Waals surface area contributed by atoms with Crippen molar-refractivity contribution >= 4 is 29.8 Å². The molecule has 4 rings (SSSR count). The lowest BCUT2D eigenvalue weighted by Crippen LogP contribution is -2.37. The van der Waals surface area contributed by atoms with Gasteiger partial charge >= 0.3 is 5.97 Å². The van der Waals surface area contributed by atoms with Gasteiger partial charge in [-0.2, -0.15) is 0 Å². The van der Waals surface area contributed by atoms with Crippen LogP contribution in [0, 0.1) is 5.92 Å². The Labute approximate surface area is 186 Å². The molecule has 2 aromatic rings. The van der Waals surface area contributed by atoms with Crippen molar-refractivity contribution in [2.45, 2.75) is 44.9 Å². The van der Waals surface area contributed by atoms with Crippen molar-refractivity contribution in [3.63, 3.8) is 0 Å². The van der Waals surface area contributed by atoms with Gasteiger partial charge in [0.1, 0.15) is 0 Å². The van der Waals surface area contributed by atoms with E-state index in [0.717, 1.165) is 51.9 Å². The number of aliphatic carboxylic acids is 1. The Bertz CT molecular complexity index is 794. The number of piperidine rings is 1. The Morgan fingerprint density at radius 3 is 2.23 bits per heavy atom. The number of anilines is 2. The van der Waals surface area contributed by atoms with Crippen LogP contribution in [0.3, 0.4) is 0 Å². The molecule has 2 aliphatic heterocycles. The first-order valence-corrected chi connectivity index (χ1v) is 11.1. The van der Waals surface area contributed by atoms with E-state index in [1.54, 1.807) is 0 Å². The van der Waals surface area contributed by atoms with E-state index < -0.39 is 5.97 Å². The number of carboxylic acids is 1. The van der Waals surface area contributed by atoms with E-state index in [1.807, 2.05) is 0 Å². The molecule has 2 aliphatic rings. The van der Waals surface area contributed by atoms with E-state index in [9.17, 15) is 4.79 Å². The molecule has 5 heteroatoms. The monoisotopic (exact) mass is 428 g/mol. The highest BCUT2D eigenvalue weighted by atomic mass is 35.5. The Balaban J connectivity index is 0.00000256. The molecule has 30 heavy (non-hydrogen) atoms. The molecule has 0 spiro atoms. The lowest BCUT2D eigenvalue weighted by Gasteiger charge is -2.33. The summed E-state index contributed by atoms with van der Waals surface area (Å²) < 4.78 is 0. The van der Waals surface area contributed by atoms with Gasteiger partial charge in [0, 0.05) is 30.9 Å². The number of nitrogens with zero attached hydrogens (tertiary/aromatic N) is 2. The van der Waals surface area contributed by atoms with Gasteiger partial charge in [-0.1, -0.05) is 36.4 Å². The highest BCUT2D eigenvalue weighted by Crippen LogP contribution is 2.36. The molecule has 2 heterocycles. The number of halogens is 1. The second kappa shape index (κ2) is 10.8. The van der Waals surface area contributed by atoms with Gasteiger partial charge in [0.05, 0.1) is 0 Å². The number of carbonyl (C=O) groups is 1. The number of rotatable bonds is 7. The second-order valence-corrected chi connectivity index (χ2v) is 8.50. The largest absolute Gasteiger partial charge is 0.481 e. The molecule has 0 aromatic heterocycles. The van der Waals surface area contributed by atoms with Crippen molar-refractivity contribution in [1.29, 1.82) is 0 Å². The van der Waals surface area contributed by atoms with Gasteiger partial charge in [-0.3, -0.25) is 4.79 Å². The predicted octanol–water partition coefficient (Wildman–Crippen LogP) is 5.31. The van der Waals surface area contributed by atoms with Crippen LogP contribution in [0.1, 0.15) is 43.2 Å². The summed E-state index contributed by atoms with van der Waals surface area (Å²) in [6.45, 7) is 4.31. The number of para-hydroxylation sites is 2. The van der Waals surface area contributed by atoms with Gasteiger partial charge in [-0.25, -0.2) is 0 Å². The van der Waals surface area contributed by atoms with Gasteiger partial charge in [-0.05, 0) is 80.8 Å². The highest BCUT2D eigenvalue weighted by Gasteiger charge is 2.22. The SMILES string of the molecule is Cl.O=C(O)CCC1CCCN(CCCN2c3ccccc3CCc3ccccc32)C1. The summed E-state index contributed by atoms with van der Waals surface area (Å²) in [7, 11) is 0. The summed E-state index contributed by atoms with van der Waals surface area (Å²) in [6.07, 6.45) is 6.81. The van der Waals surface area contributed by atoms with E-state index in [4.69, 9.17) is 5.11 Å². The summed E-state index contributed by atoms with van der Waals surface area (Å²) >= 11 is 0. The van der Waals surface area contributed by atoms with Crippen LogP contribution in [0.5, 0.6) is 0 Å². The number of hydrogen-bond acceptors (Lipinski definition) is 3. The van der Waals surface area contributed by atoms with Gasteiger partial charge in [0.15, 0.2) is 0 Å². The fraction of sp³-hybridized carbons (Fsp3) is 0.480. The molecule has 1 atom stereocenters. The van der Waals surface area contributed by atoms with E-state index in [1.165, 1.54) is 35.3 Å². The van der Waals surface area contributed by atoms with Crippen LogP contribution in [0.25, 0.3) is 0 Å². The number of likely N-dealkylation sites (tertiary alicyclic amines) is 1. The summed E-state index contributed by atoms with van der Waals surface area (Å²) in [5, 5.41) is 8.96. The average Bonchev–Trinajstić information content (AvgIpc) is 2.90. The van der Waals surface area contributed by atoms with Crippen LogP contribution in [-0.2, 0) is 17.6 Å². The molecule has 1 saturated heterocycles. The molecule has 1 fully saturated rings. The van der Waals surface area contributed by atoms with Crippen LogP contribution in [-0.4, -0.2) is 42.2 Å². The van der Waals surface area contributed by atoms with Crippen LogP contribution < -0.4 is 4.90 Å². The van der Waals surface area contributed by atoms with Crippen molar-refractivity contribution in [1.82, 2.24) is 4.90 Å². The molecule has 1 N–H and O–H groups in total. The lowest BCUT2D eigenvalue weighted by molar-refractivity contribution is -0.137. The first-order chi connectivity index (χ1) is 14.2. The molecule has 4 nitrogen and oxygen atoms in total. The first-order valence-electron chi connectivity index (χ1n) is 11.1. The van der Waals surface area contributed by atoms with Crippen molar-refractivity contribution in [3.8, 4) is 0 Å². The van der Waals surface area contributed by atoms with Crippen molar-refractivity contribution < 1.29 is 9.90 Å². The zero-order chi connectivity index (χ0) is 20.1. The normalized spacial score (nSPS) is 18.7. The second-order valence-electron chi connectivity index (χ2n) is 8.50. The Morgan fingerprint density at radius 2 is 1.60 bits per heavy atom. The van der Waals surface area contributed by atoms with E-state index in [-0.39, 0.29) is 12.4 Å². The van der Waals surface area contributed by atoms with Crippen molar-refractivity contribution in [2.75, 3.05) is 31.1 Å². The number of fused-ring (bicyclic) bond motifs is 2. The number of carboxylic acid groups (broad SMARTS) is 1. The highest BCUT2D eigenvalue weighted by molar-refractivity contribution is 5.85. The maximum Gasteiger partial charge on any atom is 0.303 e. The predicted molar refractivity (Wildman–Crippen MR) is 125 cm³/mol. The van der Waals surface area contributed by atoms with E-state index in [2.05, 4.69) is 58.3 Å². The molecule has 2 aromatic carbocycles. The summed E-state index contributed by atoms with van der Waals surface area (Å²) in [6, 6.07) is 17.7. The first kappa shape index (κ1) is 22.6. The molecule has 0 bridgehead atoms. The standard InChI is InChI=1S/C25H32N2O2.ClH/c28-25(29)15-12-20-7-5-16-26(19-20)17-6-18-27-23-10-3-1-8-21(23)13-14-22-9-2-4-11-24(22)27;/h1-4,8-11,20H,5-7,12-19H2,(H,28,29);1H. The fourth-order valence-electron chi connectivity index (χ4n) is 4.98. The summed E-state index contributed by atoms with van der Waals surface area (Å²) in [5.74, 6) is -0.125. The summed E-state index contributed by atoms with van der Waals surface area (Å²) in [5.41, 5.74) is 5.59. The van der Waals surface area contributed by atoms with Crippen molar-refractivity contribution in [3.05, 3.63) is 59.7 Å². The van der Waals surface area contributed by atoms with Gasteiger partial charge < -0.3 is 14.9 Å². The third-order valence-electron chi connectivity index (χ3n) is 6.45. The van der Waals surface area contributed by atoms with Crippen LogP contribution in [0.15, 0.2) is 48.5 Å². The Kier molecular flexibility index (Phi) is 8.17. The van der Waals surface area contributed by atoms with Crippen LogP contribution in [0.2, 0.25) is 0 Å². The topological polar surface area (TPSA) is 43.8 Å². The van der Waals surface area contributed by atoms with E-state index in [0.29, 0.717) is 12.3 Å². The van der Waals surface area contributed by atoms with Gasteiger partial charge in [-0.15, -0.1) is 12.4 Å². The molecular weight excluding hydrogens is 396 g/mol. The molecule has 0 radical (unpaired) electrons. The number of benzene rings is 2. The minimum atomic E-state index is -0.666. The minimum Gasteiger partial charge on any atom is -0.481 e. The number of aryl methyl sites for hydroxylation is 2. The van der Waals surface area contributed by atoms with Crippen LogP contribution >= 0.6 is 12.4 Å². The minimum absolute atomic E-state index is 0. The summed E-state index contributed by atoms with van der Waals surface area (Å²) in [4.78, 5) is 15.9. The molecule has 0 saturated carbocycles. The maximum absolute atomic E-state index is 10.9. The fourth-order valence-corrected chi connectivity index (χ4v) is 4.98. The van der Waals surface area contributed by atoms with Crippen molar-refractivity contribution in [2.24, 2.45) is 5.92 Å². The number of hydrogen-bond donors (Lipinski definition) is 1. The van der Waals surface area contributed by atoms with E-state index >= 15 is 0 Å². The maximum atomic E-state index is 10.9. The molecule has 1 unspecified atom stereocenters. The Hall–Kier alpha value is -2.04. The van der Waals surface area contributed by atoms with Gasteiger partial charge in [0.25, 0.3) is 0 Å². The molecule has 0 aliphatic carbocycles. The average molecular weight is 429 g/mol. The smallest absolute Gasteiger partial charge is 0.303 e. The third-order valence-corrected chi connectivity index (χ3v) is 6.45. The molecule has 162 valence electrons.